The fourth-order valence-electron chi connectivity index (χ4n) is 1.21. The first-order valence-corrected chi connectivity index (χ1v) is 4.44. The van der Waals surface area contributed by atoms with E-state index in [-0.39, 0.29) is 5.56 Å². The lowest BCUT2D eigenvalue weighted by molar-refractivity contribution is 1.23. The molecule has 0 aliphatic rings. The number of halogens is 1. The topological polar surface area (TPSA) is 45.8 Å². The Morgan fingerprint density at radius 1 is 1.29 bits per heavy atom. The van der Waals surface area contributed by atoms with Gasteiger partial charge in [-0.05, 0) is 17.7 Å². The number of aromatic amines is 1. The first-order chi connectivity index (χ1) is 6.75. The van der Waals surface area contributed by atoms with Crippen LogP contribution in [0, 0.1) is 0 Å². The number of nitrogens with one attached hydrogen (secondary N) is 1. The van der Waals surface area contributed by atoms with Gasteiger partial charge in [-0.25, -0.2) is 0 Å². The van der Waals surface area contributed by atoms with Crippen molar-refractivity contribution in [3.63, 3.8) is 0 Å². The molecule has 0 spiro atoms. The van der Waals surface area contributed by atoms with Gasteiger partial charge in [-0.3, -0.25) is 9.78 Å². The molecule has 1 N–H and O–H groups in total. The van der Waals surface area contributed by atoms with Crippen LogP contribution < -0.4 is 5.56 Å². The van der Waals surface area contributed by atoms with Crippen molar-refractivity contribution in [1.82, 2.24) is 9.97 Å². The normalized spacial score (nSPS) is 10.1. The van der Waals surface area contributed by atoms with Crippen LogP contribution in [0.15, 0.2) is 41.5 Å². The van der Waals surface area contributed by atoms with Crippen molar-refractivity contribution in [3.05, 3.63) is 52.2 Å². The van der Waals surface area contributed by atoms with E-state index in [1.165, 1.54) is 6.07 Å². The largest absolute Gasteiger partial charge is 0.313 e. The molecule has 0 saturated heterocycles. The minimum Gasteiger partial charge on any atom is -0.313 e. The number of nitrogens with zero attached hydrogens (tertiary/aromatic N) is 1. The number of hydrogen-bond acceptors (Lipinski definition) is 2. The molecule has 0 atom stereocenters. The highest BCUT2D eigenvalue weighted by molar-refractivity contribution is 6.29. The highest BCUT2D eigenvalue weighted by Gasteiger charge is 1.99. The minimum absolute atomic E-state index is 0.212. The average molecular weight is 207 g/mol. The molecule has 0 aromatic carbocycles. The molecule has 2 heterocycles. The molecular formula is C10H7ClN2O. The van der Waals surface area contributed by atoms with Gasteiger partial charge >= 0.3 is 0 Å². The van der Waals surface area contributed by atoms with E-state index in [0.29, 0.717) is 5.15 Å². The molecule has 3 nitrogen and oxygen atoms in total. The second kappa shape index (κ2) is 3.64. The molecular weight excluding hydrogens is 200 g/mol. The SMILES string of the molecule is O=c1cc(-c2cccnc2)cc(Cl)[nH]1. The molecule has 0 aliphatic heterocycles. The van der Waals surface area contributed by atoms with Crippen LogP contribution in [0.4, 0.5) is 0 Å². The molecule has 4 heteroatoms. The first-order valence-electron chi connectivity index (χ1n) is 4.06. The molecule has 0 radical (unpaired) electrons. The number of pyridine rings is 2. The lowest BCUT2D eigenvalue weighted by atomic mass is 10.1. The molecule has 70 valence electrons. The van der Waals surface area contributed by atoms with Crippen LogP contribution in [0.2, 0.25) is 5.15 Å². The monoisotopic (exact) mass is 206 g/mol. The number of H-pyrrole nitrogens is 1. The van der Waals surface area contributed by atoms with Gasteiger partial charge in [-0.15, -0.1) is 0 Å². The van der Waals surface area contributed by atoms with Gasteiger partial charge in [0.2, 0.25) is 5.56 Å². The van der Waals surface area contributed by atoms with Gasteiger partial charge in [0.1, 0.15) is 5.15 Å². The van der Waals surface area contributed by atoms with E-state index in [9.17, 15) is 4.79 Å². The predicted octanol–water partition coefficient (Wildman–Crippen LogP) is 2.09. The summed E-state index contributed by atoms with van der Waals surface area (Å²) in [7, 11) is 0. The van der Waals surface area contributed by atoms with E-state index in [0.717, 1.165) is 11.1 Å². The summed E-state index contributed by atoms with van der Waals surface area (Å²) in [6.45, 7) is 0. The molecule has 0 saturated carbocycles. The van der Waals surface area contributed by atoms with Crippen LogP contribution in [0.25, 0.3) is 11.1 Å². The molecule has 2 aromatic heterocycles. The summed E-state index contributed by atoms with van der Waals surface area (Å²) in [6.07, 6.45) is 3.36. The van der Waals surface area contributed by atoms with E-state index < -0.39 is 0 Å². The first kappa shape index (κ1) is 8.97. The van der Waals surface area contributed by atoms with Crippen molar-refractivity contribution >= 4 is 11.6 Å². The van der Waals surface area contributed by atoms with E-state index in [4.69, 9.17) is 11.6 Å². The van der Waals surface area contributed by atoms with Crippen LogP contribution in [-0.2, 0) is 0 Å². The van der Waals surface area contributed by atoms with E-state index >= 15 is 0 Å². The Labute approximate surface area is 85.4 Å². The Bertz CT molecular complexity index is 493. The van der Waals surface area contributed by atoms with Crippen LogP contribution in [0.3, 0.4) is 0 Å². The summed E-state index contributed by atoms with van der Waals surface area (Å²) in [6, 6.07) is 6.87. The third-order valence-electron chi connectivity index (χ3n) is 1.81. The smallest absolute Gasteiger partial charge is 0.249 e. The number of aromatic nitrogens is 2. The highest BCUT2D eigenvalue weighted by Crippen LogP contribution is 2.17. The van der Waals surface area contributed by atoms with E-state index in [1.807, 2.05) is 12.1 Å². The summed E-state index contributed by atoms with van der Waals surface area (Å²) < 4.78 is 0. The summed E-state index contributed by atoms with van der Waals surface area (Å²) in [5.41, 5.74) is 1.43. The fourth-order valence-corrected chi connectivity index (χ4v) is 1.42. The fraction of sp³-hybridized carbons (Fsp3) is 0. The Balaban J connectivity index is 2.58. The summed E-state index contributed by atoms with van der Waals surface area (Å²) in [5.74, 6) is 0. The van der Waals surface area contributed by atoms with Crippen molar-refractivity contribution in [2.45, 2.75) is 0 Å². The lowest BCUT2D eigenvalue weighted by Crippen LogP contribution is -2.03. The van der Waals surface area contributed by atoms with Gasteiger partial charge in [0, 0.05) is 24.0 Å². The van der Waals surface area contributed by atoms with Crippen molar-refractivity contribution < 1.29 is 0 Å². The zero-order chi connectivity index (χ0) is 9.97. The van der Waals surface area contributed by atoms with Crippen molar-refractivity contribution in [2.75, 3.05) is 0 Å². The Morgan fingerprint density at radius 3 is 2.79 bits per heavy atom. The number of rotatable bonds is 1. The second-order valence-electron chi connectivity index (χ2n) is 2.82. The summed E-state index contributed by atoms with van der Waals surface area (Å²) >= 11 is 5.72. The Hall–Kier alpha value is -1.61. The van der Waals surface area contributed by atoms with E-state index in [2.05, 4.69) is 9.97 Å². The maximum atomic E-state index is 11.1. The van der Waals surface area contributed by atoms with Gasteiger partial charge in [-0.1, -0.05) is 17.7 Å². The highest BCUT2D eigenvalue weighted by atomic mass is 35.5. The molecule has 0 amide bonds. The maximum Gasteiger partial charge on any atom is 0.249 e. The van der Waals surface area contributed by atoms with Gasteiger partial charge in [0.15, 0.2) is 0 Å². The Morgan fingerprint density at radius 2 is 2.14 bits per heavy atom. The van der Waals surface area contributed by atoms with Crippen molar-refractivity contribution in [2.24, 2.45) is 0 Å². The molecule has 0 fully saturated rings. The molecule has 2 rings (SSSR count). The molecule has 14 heavy (non-hydrogen) atoms. The average Bonchev–Trinajstić information content (AvgIpc) is 2.18. The quantitative estimate of drug-likeness (QED) is 0.727. The molecule has 2 aromatic rings. The van der Waals surface area contributed by atoms with Gasteiger partial charge in [0.25, 0.3) is 0 Å². The van der Waals surface area contributed by atoms with Crippen LogP contribution in [0.5, 0.6) is 0 Å². The molecule has 0 aliphatic carbocycles. The Kier molecular flexibility index (Phi) is 2.33. The summed E-state index contributed by atoms with van der Waals surface area (Å²) in [5, 5.41) is 0.330. The minimum atomic E-state index is -0.212. The van der Waals surface area contributed by atoms with Gasteiger partial charge in [-0.2, -0.15) is 0 Å². The van der Waals surface area contributed by atoms with Crippen LogP contribution >= 0.6 is 11.6 Å². The van der Waals surface area contributed by atoms with Gasteiger partial charge in [0.05, 0.1) is 0 Å². The maximum absolute atomic E-state index is 11.1. The molecule has 0 unspecified atom stereocenters. The van der Waals surface area contributed by atoms with Gasteiger partial charge < -0.3 is 4.98 Å². The third kappa shape index (κ3) is 1.83. The zero-order valence-corrected chi connectivity index (χ0v) is 7.95. The lowest BCUT2D eigenvalue weighted by Gasteiger charge is -1.99. The third-order valence-corrected chi connectivity index (χ3v) is 2.01. The van der Waals surface area contributed by atoms with Crippen molar-refractivity contribution in [1.29, 1.82) is 0 Å². The summed E-state index contributed by atoms with van der Waals surface area (Å²) in [4.78, 5) is 17.6. The molecule has 0 bridgehead atoms. The van der Waals surface area contributed by atoms with E-state index in [1.54, 1.807) is 18.5 Å². The standard InChI is InChI=1S/C10H7ClN2O/c11-9-4-8(5-10(14)13-9)7-2-1-3-12-6-7/h1-6H,(H,13,14). The number of hydrogen-bond donors (Lipinski definition) is 1. The van der Waals surface area contributed by atoms with Crippen LogP contribution in [-0.4, -0.2) is 9.97 Å². The van der Waals surface area contributed by atoms with Crippen molar-refractivity contribution in [3.8, 4) is 11.1 Å². The zero-order valence-electron chi connectivity index (χ0n) is 7.20. The van der Waals surface area contributed by atoms with Crippen LogP contribution in [0.1, 0.15) is 0 Å². The second-order valence-corrected chi connectivity index (χ2v) is 3.23. The predicted molar refractivity (Wildman–Crippen MR) is 55.3 cm³/mol.